The molecule has 0 aliphatic carbocycles. The summed E-state index contributed by atoms with van der Waals surface area (Å²) in [5.41, 5.74) is 0.387. The maximum atomic E-state index is 11.7. The molecule has 1 atom stereocenters. The molecular formula is C14H16ClN3O4. The maximum Gasteiger partial charge on any atom is 0.325 e. The third kappa shape index (κ3) is 3.37. The molecule has 0 radical (unpaired) electrons. The van der Waals surface area contributed by atoms with Crippen molar-refractivity contribution in [2.75, 3.05) is 14.2 Å². The molecule has 0 aliphatic rings. The zero-order valence-corrected chi connectivity index (χ0v) is 13.2. The number of rotatable bonds is 6. The average molecular weight is 326 g/mol. The van der Waals surface area contributed by atoms with E-state index in [0.717, 1.165) is 0 Å². The van der Waals surface area contributed by atoms with Crippen LogP contribution in [-0.2, 0) is 11.3 Å². The van der Waals surface area contributed by atoms with E-state index in [0.29, 0.717) is 28.1 Å². The molecule has 0 amide bonds. The Balaban J connectivity index is 2.36. The Morgan fingerprint density at radius 1 is 1.50 bits per heavy atom. The van der Waals surface area contributed by atoms with E-state index >= 15 is 0 Å². The van der Waals surface area contributed by atoms with Crippen LogP contribution in [0.15, 0.2) is 22.6 Å². The predicted molar refractivity (Wildman–Crippen MR) is 78.9 cm³/mol. The van der Waals surface area contributed by atoms with Gasteiger partial charge in [0.15, 0.2) is 0 Å². The number of methoxy groups -OCH3 is 1. The zero-order valence-electron chi connectivity index (χ0n) is 12.4. The molecule has 0 saturated heterocycles. The molecule has 0 aliphatic heterocycles. The van der Waals surface area contributed by atoms with Crippen molar-refractivity contribution in [3.63, 3.8) is 0 Å². The standard InChI is InChI=1S/C14H16ClN3O4/c1-8-16-17-11(22-8)7-18(2)13(14(19)20)12-9(15)5-4-6-10(12)21-3/h4-6,13H,7H2,1-3H3,(H,19,20)/t13-/m0/s1. The summed E-state index contributed by atoms with van der Waals surface area (Å²) in [6.07, 6.45) is 0. The first-order chi connectivity index (χ1) is 10.4. The third-order valence-electron chi connectivity index (χ3n) is 3.13. The lowest BCUT2D eigenvalue weighted by Crippen LogP contribution is -2.31. The molecule has 2 aromatic rings. The molecule has 0 saturated carbocycles. The summed E-state index contributed by atoms with van der Waals surface area (Å²) in [5.74, 6) is 0.112. The van der Waals surface area contributed by atoms with Crippen LogP contribution in [0.3, 0.4) is 0 Å². The maximum absolute atomic E-state index is 11.7. The normalized spacial score (nSPS) is 12.4. The number of hydrogen-bond acceptors (Lipinski definition) is 6. The summed E-state index contributed by atoms with van der Waals surface area (Å²) in [4.78, 5) is 13.3. The minimum absolute atomic E-state index is 0.173. The summed E-state index contributed by atoms with van der Waals surface area (Å²) < 4.78 is 10.5. The van der Waals surface area contributed by atoms with Crippen LogP contribution in [0.4, 0.5) is 0 Å². The molecule has 0 fully saturated rings. The van der Waals surface area contributed by atoms with Crippen molar-refractivity contribution >= 4 is 17.6 Å². The van der Waals surface area contributed by atoms with Gasteiger partial charge >= 0.3 is 5.97 Å². The monoisotopic (exact) mass is 325 g/mol. The highest BCUT2D eigenvalue weighted by Crippen LogP contribution is 2.35. The van der Waals surface area contributed by atoms with Crippen LogP contribution in [0.5, 0.6) is 5.75 Å². The van der Waals surface area contributed by atoms with E-state index in [2.05, 4.69) is 10.2 Å². The minimum atomic E-state index is -1.05. The van der Waals surface area contributed by atoms with Gasteiger partial charge in [-0.3, -0.25) is 9.69 Å². The van der Waals surface area contributed by atoms with Gasteiger partial charge in [-0.25, -0.2) is 0 Å². The Labute approximate surface area is 132 Å². The van der Waals surface area contributed by atoms with Crippen LogP contribution in [0.25, 0.3) is 0 Å². The summed E-state index contributed by atoms with van der Waals surface area (Å²) in [6, 6.07) is 3.99. The molecule has 22 heavy (non-hydrogen) atoms. The van der Waals surface area contributed by atoms with Crippen molar-refractivity contribution in [2.45, 2.75) is 19.5 Å². The Hall–Kier alpha value is -2.12. The van der Waals surface area contributed by atoms with Crippen LogP contribution in [-0.4, -0.2) is 40.3 Å². The number of carbonyl (C=O) groups is 1. The molecular weight excluding hydrogens is 310 g/mol. The van der Waals surface area contributed by atoms with Crippen LogP contribution in [0.1, 0.15) is 23.4 Å². The molecule has 0 bridgehead atoms. The lowest BCUT2D eigenvalue weighted by atomic mass is 10.0. The fourth-order valence-corrected chi connectivity index (χ4v) is 2.47. The number of carboxylic acid groups (broad SMARTS) is 1. The van der Waals surface area contributed by atoms with E-state index in [1.807, 2.05) is 0 Å². The van der Waals surface area contributed by atoms with Gasteiger partial charge in [0.2, 0.25) is 11.8 Å². The van der Waals surface area contributed by atoms with E-state index in [1.54, 1.807) is 37.1 Å². The Morgan fingerprint density at radius 2 is 2.23 bits per heavy atom. The highest BCUT2D eigenvalue weighted by molar-refractivity contribution is 6.31. The second-order valence-electron chi connectivity index (χ2n) is 4.73. The lowest BCUT2D eigenvalue weighted by molar-refractivity contribution is -0.143. The van der Waals surface area contributed by atoms with Crippen LogP contribution >= 0.6 is 11.6 Å². The number of aromatic nitrogens is 2. The largest absolute Gasteiger partial charge is 0.496 e. The number of hydrogen-bond donors (Lipinski definition) is 1. The van der Waals surface area contributed by atoms with Crippen molar-refractivity contribution in [3.05, 3.63) is 40.6 Å². The molecule has 1 aromatic carbocycles. The topological polar surface area (TPSA) is 88.7 Å². The summed E-state index contributed by atoms with van der Waals surface area (Å²) in [7, 11) is 3.11. The van der Waals surface area contributed by atoms with E-state index in [9.17, 15) is 9.90 Å². The number of benzene rings is 1. The van der Waals surface area contributed by atoms with Crippen LogP contribution < -0.4 is 4.74 Å². The number of halogens is 1. The third-order valence-corrected chi connectivity index (χ3v) is 3.46. The van der Waals surface area contributed by atoms with Gasteiger partial charge in [0.25, 0.3) is 0 Å². The summed E-state index contributed by atoms with van der Waals surface area (Å²) >= 11 is 6.18. The van der Waals surface area contributed by atoms with Gasteiger partial charge in [0.1, 0.15) is 11.8 Å². The van der Waals surface area contributed by atoms with Crippen molar-refractivity contribution in [1.82, 2.24) is 15.1 Å². The van der Waals surface area contributed by atoms with Crippen molar-refractivity contribution in [2.24, 2.45) is 0 Å². The number of nitrogens with zero attached hydrogens (tertiary/aromatic N) is 3. The van der Waals surface area contributed by atoms with Crippen molar-refractivity contribution in [3.8, 4) is 5.75 Å². The van der Waals surface area contributed by atoms with Gasteiger partial charge in [-0.1, -0.05) is 17.7 Å². The predicted octanol–water partition coefficient (Wildman–Crippen LogP) is 2.30. The first-order valence-electron chi connectivity index (χ1n) is 6.48. The van der Waals surface area contributed by atoms with Crippen LogP contribution in [0, 0.1) is 6.92 Å². The fourth-order valence-electron chi connectivity index (χ4n) is 2.20. The van der Waals surface area contributed by atoms with Gasteiger partial charge in [-0.15, -0.1) is 10.2 Å². The van der Waals surface area contributed by atoms with Gasteiger partial charge in [-0.2, -0.15) is 0 Å². The van der Waals surface area contributed by atoms with Gasteiger partial charge in [0, 0.05) is 17.5 Å². The van der Waals surface area contributed by atoms with Crippen molar-refractivity contribution < 1.29 is 19.1 Å². The Bertz CT molecular complexity index is 674. The van der Waals surface area contributed by atoms with E-state index in [4.69, 9.17) is 20.8 Å². The van der Waals surface area contributed by atoms with Crippen LogP contribution in [0.2, 0.25) is 5.02 Å². The Morgan fingerprint density at radius 3 is 2.77 bits per heavy atom. The van der Waals surface area contributed by atoms with Gasteiger partial charge in [0.05, 0.1) is 13.7 Å². The first kappa shape index (κ1) is 16.3. The Kier molecular flexibility index (Phi) is 4.99. The number of aliphatic carboxylic acids is 1. The van der Waals surface area contributed by atoms with Crippen molar-refractivity contribution in [1.29, 1.82) is 0 Å². The molecule has 0 spiro atoms. The molecule has 8 heteroatoms. The van der Waals surface area contributed by atoms with Gasteiger partial charge in [-0.05, 0) is 19.2 Å². The smallest absolute Gasteiger partial charge is 0.325 e. The highest BCUT2D eigenvalue weighted by Gasteiger charge is 2.30. The number of aryl methyl sites for hydroxylation is 1. The quantitative estimate of drug-likeness (QED) is 0.871. The SMILES string of the molecule is COc1cccc(Cl)c1[C@@H](C(=O)O)N(C)Cc1nnc(C)o1. The second-order valence-corrected chi connectivity index (χ2v) is 5.13. The van der Waals surface area contributed by atoms with E-state index in [-0.39, 0.29) is 6.54 Å². The highest BCUT2D eigenvalue weighted by atomic mass is 35.5. The average Bonchev–Trinajstić information content (AvgIpc) is 2.85. The van der Waals surface area contributed by atoms with E-state index < -0.39 is 12.0 Å². The molecule has 7 nitrogen and oxygen atoms in total. The number of carboxylic acids is 1. The number of ether oxygens (including phenoxy) is 1. The summed E-state index contributed by atoms with van der Waals surface area (Å²) in [6.45, 7) is 1.84. The molecule has 118 valence electrons. The van der Waals surface area contributed by atoms with Gasteiger partial charge < -0.3 is 14.3 Å². The lowest BCUT2D eigenvalue weighted by Gasteiger charge is -2.25. The number of likely N-dealkylation sites (N-methyl/N-ethyl adjacent to an activating group) is 1. The minimum Gasteiger partial charge on any atom is -0.496 e. The zero-order chi connectivity index (χ0) is 16.3. The molecule has 1 heterocycles. The second kappa shape index (κ2) is 6.76. The van der Waals surface area contributed by atoms with E-state index in [1.165, 1.54) is 7.11 Å². The molecule has 2 rings (SSSR count). The fraction of sp³-hybridized carbons (Fsp3) is 0.357. The first-order valence-corrected chi connectivity index (χ1v) is 6.86. The summed E-state index contributed by atoms with van der Waals surface area (Å²) in [5, 5.41) is 17.5. The molecule has 0 unspecified atom stereocenters. The molecule has 1 N–H and O–H groups in total. The molecule has 1 aromatic heterocycles.